The van der Waals surface area contributed by atoms with Gasteiger partial charge in [0.15, 0.2) is 0 Å². The molecule has 4 rings (SSSR count). The zero-order chi connectivity index (χ0) is 22.9. The van der Waals surface area contributed by atoms with Crippen LogP contribution in [0.15, 0.2) is 46.2 Å². The van der Waals surface area contributed by atoms with E-state index in [9.17, 15) is 16.8 Å². The van der Waals surface area contributed by atoms with Gasteiger partial charge < -0.3 is 0 Å². The number of hydrogen-bond donors (Lipinski definition) is 2. The summed E-state index contributed by atoms with van der Waals surface area (Å²) in [5.74, 6) is 0. The Bertz CT molecular complexity index is 1120. The number of rotatable bonds is 7. The molecule has 4 N–H and O–H groups in total. The lowest BCUT2D eigenvalue weighted by molar-refractivity contribution is 0.222. The molecule has 32 heavy (non-hydrogen) atoms. The Hall–Kier alpha value is -1.82. The van der Waals surface area contributed by atoms with Crippen LogP contribution >= 0.6 is 0 Å². The summed E-state index contributed by atoms with van der Waals surface area (Å²) < 4.78 is 46.5. The Morgan fingerprint density at radius 3 is 1.44 bits per heavy atom. The van der Waals surface area contributed by atoms with E-state index in [2.05, 4.69) is 9.80 Å². The number of primary sulfonamides is 2. The van der Waals surface area contributed by atoms with Crippen molar-refractivity contribution in [2.24, 2.45) is 10.3 Å². The van der Waals surface area contributed by atoms with Crippen molar-refractivity contribution in [3.8, 4) is 0 Å². The van der Waals surface area contributed by atoms with Crippen molar-refractivity contribution < 1.29 is 16.8 Å². The highest BCUT2D eigenvalue weighted by atomic mass is 32.2. The van der Waals surface area contributed by atoms with E-state index in [1.807, 2.05) is 12.1 Å². The fourth-order valence-corrected chi connectivity index (χ4v) is 5.72. The van der Waals surface area contributed by atoms with E-state index in [-0.39, 0.29) is 9.79 Å². The number of unbranched alkanes of at least 4 members (excludes halogenated alkanes) is 1. The van der Waals surface area contributed by atoms with Crippen molar-refractivity contribution in [2.75, 3.05) is 26.2 Å². The quantitative estimate of drug-likeness (QED) is 0.576. The topological polar surface area (TPSA) is 127 Å². The van der Waals surface area contributed by atoms with Gasteiger partial charge in [0.2, 0.25) is 20.0 Å². The van der Waals surface area contributed by atoms with Crippen LogP contribution in [0, 0.1) is 0 Å². The summed E-state index contributed by atoms with van der Waals surface area (Å²) in [7, 11) is -7.37. The summed E-state index contributed by atoms with van der Waals surface area (Å²) in [4.78, 5) is 5.07. The van der Waals surface area contributed by atoms with Crippen molar-refractivity contribution in [1.29, 1.82) is 0 Å². The first-order valence-corrected chi connectivity index (χ1v) is 13.9. The molecule has 2 aromatic rings. The van der Waals surface area contributed by atoms with Gasteiger partial charge in [-0.05, 0) is 85.3 Å². The van der Waals surface area contributed by atoms with Gasteiger partial charge in [-0.15, -0.1) is 0 Å². The highest BCUT2D eigenvalue weighted by Crippen LogP contribution is 2.24. The van der Waals surface area contributed by atoms with Crippen molar-refractivity contribution in [1.82, 2.24) is 9.80 Å². The second-order valence-electron chi connectivity index (χ2n) is 8.71. The fourth-order valence-electron chi connectivity index (χ4n) is 4.59. The fraction of sp³-hybridized carbons (Fsp3) is 0.455. The highest BCUT2D eigenvalue weighted by molar-refractivity contribution is 7.89. The van der Waals surface area contributed by atoms with Gasteiger partial charge in [-0.3, -0.25) is 9.80 Å². The smallest absolute Gasteiger partial charge is 0.238 e. The Morgan fingerprint density at radius 1 is 0.656 bits per heavy atom. The van der Waals surface area contributed by atoms with Gasteiger partial charge >= 0.3 is 0 Å². The zero-order valence-electron chi connectivity index (χ0n) is 18.0. The minimum absolute atomic E-state index is 0.175. The molecular formula is C22H30N4O4S2. The lowest BCUT2D eigenvalue weighted by Gasteiger charge is -2.31. The van der Waals surface area contributed by atoms with Crippen LogP contribution in [0.5, 0.6) is 0 Å². The molecule has 0 unspecified atom stereocenters. The minimum Gasteiger partial charge on any atom is -0.299 e. The van der Waals surface area contributed by atoms with Gasteiger partial charge in [-0.25, -0.2) is 27.1 Å². The molecule has 2 heterocycles. The SMILES string of the molecule is NS(=O)(=O)c1ccc2c(c1)CN(CCCCN1CCc3ccc(S(N)(=O)=O)cc3C1)CC2. The lowest BCUT2D eigenvalue weighted by atomic mass is 9.99. The normalized spacial score (nSPS) is 17.7. The summed E-state index contributed by atoms with van der Waals surface area (Å²) in [6.45, 7) is 5.33. The molecule has 0 aliphatic carbocycles. The van der Waals surface area contributed by atoms with Crippen molar-refractivity contribution in [3.63, 3.8) is 0 Å². The highest BCUT2D eigenvalue weighted by Gasteiger charge is 2.20. The van der Waals surface area contributed by atoms with Gasteiger partial charge in [0, 0.05) is 26.2 Å². The summed E-state index contributed by atoms with van der Waals surface area (Å²) in [6, 6.07) is 10.3. The van der Waals surface area contributed by atoms with E-state index in [1.165, 1.54) is 11.1 Å². The number of fused-ring (bicyclic) bond motifs is 2. The summed E-state index contributed by atoms with van der Waals surface area (Å²) in [5, 5.41) is 10.5. The first-order valence-electron chi connectivity index (χ1n) is 10.8. The molecule has 2 aromatic carbocycles. The average Bonchev–Trinajstić information content (AvgIpc) is 2.74. The molecule has 0 amide bonds. The Labute approximate surface area is 190 Å². The molecule has 2 aliphatic heterocycles. The van der Waals surface area contributed by atoms with Crippen molar-refractivity contribution in [2.45, 2.75) is 48.6 Å². The van der Waals surface area contributed by atoms with Crippen LogP contribution in [0.1, 0.15) is 35.1 Å². The molecule has 0 saturated carbocycles. The second kappa shape index (κ2) is 9.20. The lowest BCUT2D eigenvalue weighted by Crippen LogP contribution is -2.33. The van der Waals surface area contributed by atoms with Gasteiger partial charge in [0.05, 0.1) is 9.79 Å². The first kappa shape index (κ1) is 23.3. The standard InChI is InChI=1S/C22H30N4O4S2/c23-31(27,28)21-5-3-17-7-11-25(15-19(17)13-21)9-1-2-10-26-12-8-18-4-6-22(32(24,29)30)14-20(18)16-26/h3-6,13-14H,1-2,7-12,15-16H2,(H2,23,27,28)(H2,24,29,30). The molecule has 0 atom stereocenters. The average molecular weight is 479 g/mol. The number of nitrogens with zero attached hydrogens (tertiary/aromatic N) is 2. The first-order chi connectivity index (χ1) is 15.1. The predicted molar refractivity (Wildman–Crippen MR) is 123 cm³/mol. The van der Waals surface area contributed by atoms with E-state index >= 15 is 0 Å². The molecule has 10 heteroatoms. The summed E-state index contributed by atoms with van der Waals surface area (Å²) in [5.41, 5.74) is 4.47. The number of hydrogen-bond acceptors (Lipinski definition) is 6. The third-order valence-corrected chi connectivity index (χ3v) is 8.22. The Balaban J connectivity index is 1.27. The Morgan fingerprint density at radius 2 is 1.06 bits per heavy atom. The molecule has 174 valence electrons. The maximum absolute atomic E-state index is 11.6. The maximum Gasteiger partial charge on any atom is 0.238 e. The van der Waals surface area contributed by atoms with Crippen molar-refractivity contribution >= 4 is 20.0 Å². The maximum atomic E-state index is 11.6. The van der Waals surface area contributed by atoms with Gasteiger partial charge in [0.1, 0.15) is 0 Å². The van der Waals surface area contributed by atoms with Crippen LogP contribution in [-0.2, 0) is 46.0 Å². The number of benzene rings is 2. The molecule has 0 radical (unpaired) electrons. The van der Waals surface area contributed by atoms with Crippen LogP contribution in [-0.4, -0.2) is 52.8 Å². The largest absolute Gasteiger partial charge is 0.299 e. The summed E-state index contributed by atoms with van der Waals surface area (Å²) in [6.07, 6.45) is 3.92. The molecule has 0 saturated heterocycles. The molecule has 0 fully saturated rings. The van der Waals surface area contributed by atoms with E-state index in [0.29, 0.717) is 0 Å². The van der Waals surface area contributed by atoms with Crippen LogP contribution < -0.4 is 10.3 Å². The van der Waals surface area contributed by atoms with E-state index < -0.39 is 20.0 Å². The van der Waals surface area contributed by atoms with Crippen LogP contribution in [0.3, 0.4) is 0 Å². The predicted octanol–water partition coefficient (Wildman–Crippen LogP) is 1.18. The van der Waals surface area contributed by atoms with E-state index in [4.69, 9.17) is 10.3 Å². The third kappa shape index (κ3) is 5.56. The Kier molecular flexibility index (Phi) is 6.71. The molecule has 2 aliphatic rings. The van der Waals surface area contributed by atoms with Gasteiger partial charge in [0.25, 0.3) is 0 Å². The molecule has 8 nitrogen and oxygen atoms in total. The van der Waals surface area contributed by atoms with Crippen LogP contribution in [0.2, 0.25) is 0 Å². The minimum atomic E-state index is -3.68. The molecule has 0 aromatic heterocycles. The molecule has 0 spiro atoms. The molecule has 0 bridgehead atoms. The van der Waals surface area contributed by atoms with Gasteiger partial charge in [-0.1, -0.05) is 12.1 Å². The number of sulfonamides is 2. The summed E-state index contributed by atoms with van der Waals surface area (Å²) >= 11 is 0. The van der Waals surface area contributed by atoms with E-state index in [0.717, 1.165) is 76.1 Å². The van der Waals surface area contributed by atoms with Crippen LogP contribution in [0.4, 0.5) is 0 Å². The van der Waals surface area contributed by atoms with E-state index in [1.54, 1.807) is 24.3 Å². The van der Waals surface area contributed by atoms with Gasteiger partial charge in [-0.2, -0.15) is 0 Å². The third-order valence-electron chi connectivity index (χ3n) is 6.39. The zero-order valence-corrected chi connectivity index (χ0v) is 19.7. The van der Waals surface area contributed by atoms with Crippen LogP contribution in [0.25, 0.3) is 0 Å². The molecular weight excluding hydrogens is 448 g/mol. The second-order valence-corrected chi connectivity index (χ2v) is 11.8. The number of nitrogens with two attached hydrogens (primary N) is 2. The van der Waals surface area contributed by atoms with Crippen molar-refractivity contribution in [3.05, 3.63) is 58.7 Å². The monoisotopic (exact) mass is 478 g/mol.